The van der Waals surface area contributed by atoms with E-state index in [0.717, 1.165) is 37.7 Å². The van der Waals surface area contributed by atoms with Crippen molar-refractivity contribution in [1.82, 2.24) is 0 Å². The molecular formula is C42H62Li3O16. The zero-order valence-corrected chi connectivity index (χ0v) is 37.4. The number of aliphatic carboxylic acids is 3. The minimum atomic E-state index is -2.06. The normalized spacial score (nSPS) is 50.0. The fraction of sp³-hybridized carbons (Fsp3) is 0.857. The Balaban J connectivity index is 0.00000273. The second kappa shape index (κ2) is 17.8. The molecule has 2 heterocycles. The van der Waals surface area contributed by atoms with Crippen LogP contribution in [0.2, 0.25) is 0 Å². The molecule has 61 heavy (non-hydrogen) atoms. The number of hydrogen-bond acceptors (Lipinski definition) is 13. The molecule has 0 aromatic rings. The summed E-state index contributed by atoms with van der Waals surface area (Å²) in [6.45, 7) is 14.9. The summed E-state index contributed by atoms with van der Waals surface area (Å²) in [7, 11) is 0. The Morgan fingerprint density at radius 1 is 0.672 bits per heavy atom. The van der Waals surface area contributed by atoms with E-state index in [1.165, 1.54) is 0 Å². The number of fused-ring (bicyclic) bond motifs is 7. The van der Waals surface area contributed by atoms with E-state index in [4.69, 9.17) is 18.9 Å². The molecule has 0 amide bonds. The van der Waals surface area contributed by atoms with Crippen LogP contribution in [0.15, 0.2) is 11.6 Å². The zero-order valence-electron chi connectivity index (χ0n) is 37.4. The van der Waals surface area contributed by atoms with Crippen molar-refractivity contribution in [3.8, 4) is 0 Å². The Kier molecular flexibility index (Phi) is 15.4. The van der Waals surface area contributed by atoms with Crippen LogP contribution in [0.25, 0.3) is 0 Å². The molecule has 19 heteroatoms. The zero-order chi connectivity index (χ0) is 42.9. The van der Waals surface area contributed by atoms with Crippen LogP contribution in [0.5, 0.6) is 0 Å². The molecule has 3 radical (unpaired) electrons. The van der Waals surface area contributed by atoms with Crippen molar-refractivity contribution in [3.63, 3.8) is 0 Å². The van der Waals surface area contributed by atoms with Crippen LogP contribution < -0.4 is 0 Å². The Morgan fingerprint density at radius 2 is 1.23 bits per heavy atom. The maximum atomic E-state index is 14.8. The van der Waals surface area contributed by atoms with E-state index in [1.54, 1.807) is 0 Å². The van der Waals surface area contributed by atoms with Gasteiger partial charge in [-0.05, 0) is 110 Å². The maximum Gasteiger partial charge on any atom is 0.335 e. The van der Waals surface area contributed by atoms with Gasteiger partial charge in [-0.25, -0.2) is 9.59 Å². The van der Waals surface area contributed by atoms with Crippen molar-refractivity contribution in [2.24, 2.45) is 50.2 Å². The van der Waals surface area contributed by atoms with E-state index < -0.39 is 107 Å². The molecule has 4 saturated carbocycles. The van der Waals surface area contributed by atoms with Crippen LogP contribution in [0.3, 0.4) is 0 Å². The van der Waals surface area contributed by atoms with E-state index in [1.807, 2.05) is 26.8 Å². The van der Waals surface area contributed by atoms with Gasteiger partial charge in [-0.15, -0.1) is 0 Å². The summed E-state index contributed by atoms with van der Waals surface area (Å²) in [5.41, 5.74) is -1.63. The van der Waals surface area contributed by atoms with E-state index in [-0.39, 0.29) is 90.9 Å². The fourth-order valence-electron chi connectivity index (χ4n) is 13.4. The van der Waals surface area contributed by atoms with Crippen LogP contribution in [-0.2, 0) is 38.1 Å². The quantitative estimate of drug-likeness (QED) is 0.132. The van der Waals surface area contributed by atoms with E-state index >= 15 is 0 Å². The molecule has 329 valence electrons. The van der Waals surface area contributed by atoms with Gasteiger partial charge in [-0.3, -0.25) is 9.59 Å². The number of carboxylic acid groups (broad SMARTS) is 3. The molecule has 0 aromatic carbocycles. The van der Waals surface area contributed by atoms with Gasteiger partial charge in [0.15, 0.2) is 30.6 Å². The van der Waals surface area contributed by atoms with Crippen LogP contribution in [0.1, 0.15) is 106 Å². The number of carboxylic acids is 3. The Morgan fingerprint density at radius 3 is 1.82 bits per heavy atom. The van der Waals surface area contributed by atoms with Crippen LogP contribution >= 0.6 is 0 Å². The maximum absolute atomic E-state index is 14.8. The minimum absolute atomic E-state index is 0. The average molecular weight is 844 g/mol. The summed E-state index contributed by atoms with van der Waals surface area (Å²) >= 11 is 0. The minimum Gasteiger partial charge on any atom is -0.481 e. The third-order valence-corrected chi connectivity index (χ3v) is 17.2. The van der Waals surface area contributed by atoms with Gasteiger partial charge < -0.3 is 59.8 Å². The monoisotopic (exact) mass is 843 g/mol. The molecule has 0 aromatic heterocycles. The summed E-state index contributed by atoms with van der Waals surface area (Å²) in [6, 6.07) is 0. The van der Waals surface area contributed by atoms with Crippen molar-refractivity contribution in [2.75, 3.05) is 0 Å². The van der Waals surface area contributed by atoms with Crippen molar-refractivity contribution in [1.29, 1.82) is 0 Å². The molecule has 5 aliphatic carbocycles. The topological polar surface area (TPSA) is 267 Å². The number of ketones is 1. The average Bonchev–Trinajstić information content (AvgIpc) is 3.13. The molecular weight excluding hydrogens is 781 g/mol. The predicted octanol–water partition coefficient (Wildman–Crippen LogP) is 1.10. The molecule has 19 unspecified atom stereocenters. The second-order valence-electron chi connectivity index (χ2n) is 20.6. The molecule has 2 saturated heterocycles. The number of hydrogen-bond donors (Lipinski definition) is 8. The molecule has 16 nitrogen and oxygen atoms in total. The Hall–Kier alpha value is -0.748. The Labute approximate surface area is 392 Å². The summed E-state index contributed by atoms with van der Waals surface area (Å²) in [5.74, 6) is -4.42. The molecule has 7 aliphatic rings. The molecule has 8 N–H and O–H groups in total. The molecule has 19 atom stereocenters. The number of aliphatic hydroxyl groups excluding tert-OH is 5. The second-order valence-corrected chi connectivity index (χ2v) is 20.6. The summed E-state index contributed by atoms with van der Waals surface area (Å²) in [4.78, 5) is 51.4. The van der Waals surface area contributed by atoms with Gasteiger partial charge in [0.1, 0.15) is 36.6 Å². The molecule has 0 spiro atoms. The summed E-state index contributed by atoms with van der Waals surface area (Å²) in [6.07, 6.45) is -12.1. The number of carbonyl (C=O) groups excluding carboxylic acids is 1. The summed E-state index contributed by atoms with van der Waals surface area (Å²) in [5, 5.41) is 83.1. The van der Waals surface area contributed by atoms with Gasteiger partial charge in [-0.2, -0.15) is 0 Å². The number of ether oxygens (including phenoxy) is 4. The predicted molar refractivity (Wildman–Crippen MR) is 217 cm³/mol. The first-order valence-electron chi connectivity index (χ1n) is 20.7. The number of carbonyl (C=O) groups is 4. The first kappa shape index (κ1) is 52.9. The summed E-state index contributed by atoms with van der Waals surface area (Å²) < 4.78 is 22.8. The molecule has 0 bridgehead atoms. The standard InChI is InChI=1S/C42H62O16.3Li/c1-37(2)21-8-11-42(7)31(20(43)16-18-19-17-39(4,36(53)54)13-12-38(19,3)14-15-41(18,42)6)40(21,5)10-9-22(37)55-34-27(48)25(46)28(30(58-34)33(51)52)56-35-26(47)23(44)24(45)29(57-35)32(49)50;;;/h16,19,21-31,34-35,44-48H,8-15,17H2,1-7H3,(H,49,50)(H,51,52)(H,53,54);;;. The smallest absolute Gasteiger partial charge is 0.335 e. The SMILES string of the molecule is CC1(C(=O)O)CCC2(C)CCC3(C)C(=CC(=O)C4C5(C)CCC(OC6OC(C(=O)O)C(OC7OC(C(=O)O)C(O)C(O)C7O)C(O)C6O)C(C)(C)C5CCC43C)C2C1.[Li].[Li].[Li]. The number of rotatable bonds is 7. The number of allylic oxidation sites excluding steroid dienone is 2. The molecule has 7 rings (SSSR count). The van der Waals surface area contributed by atoms with Gasteiger partial charge in [0.25, 0.3) is 0 Å². The van der Waals surface area contributed by atoms with Crippen LogP contribution in [-0.4, -0.2) is 189 Å². The van der Waals surface area contributed by atoms with Gasteiger partial charge in [0.05, 0.1) is 11.5 Å². The van der Waals surface area contributed by atoms with Crippen molar-refractivity contribution in [2.45, 2.75) is 174 Å². The molecule has 6 fully saturated rings. The first-order valence-corrected chi connectivity index (χ1v) is 20.7. The van der Waals surface area contributed by atoms with Gasteiger partial charge in [-0.1, -0.05) is 47.1 Å². The van der Waals surface area contributed by atoms with Gasteiger partial charge in [0, 0.05) is 62.5 Å². The third-order valence-electron chi connectivity index (χ3n) is 17.2. The number of aliphatic hydroxyl groups is 5. The van der Waals surface area contributed by atoms with Crippen LogP contribution in [0, 0.1) is 50.2 Å². The van der Waals surface area contributed by atoms with Gasteiger partial charge in [0.2, 0.25) is 0 Å². The molecule has 2 aliphatic heterocycles. The van der Waals surface area contributed by atoms with Crippen LogP contribution in [0.4, 0.5) is 0 Å². The third kappa shape index (κ3) is 8.06. The fourth-order valence-corrected chi connectivity index (χ4v) is 13.4. The Bertz CT molecular complexity index is 1750. The van der Waals surface area contributed by atoms with E-state index in [2.05, 4.69) is 27.7 Å². The van der Waals surface area contributed by atoms with Crippen molar-refractivity contribution >= 4 is 80.3 Å². The van der Waals surface area contributed by atoms with E-state index in [9.17, 15) is 60.0 Å². The largest absolute Gasteiger partial charge is 0.481 e. The van der Waals surface area contributed by atoms with Crippen molar-refractivity contribution in [3.05, 3.63) is 11.6 Å². The van der Waals surface area contributed by atoms with Gasteiger partial charge >= 0.3 is 17.9 Å². The first-order chi connectivity index (χ1) is 26.8. The van der Waals surface area contributed by atoms with E-state index in [0.29, 0.717) is 25.7 Å². The van der Waals surface area contributed by atoms with Crippen molar-refractivity contribution < 1.29 is 79.0 Å².